The van der Waals surface area contributed by atoms with E-state index in [9.17, 15) is 5.11 Å². The molecular formula is C9H13NO2S. The van der Waals surface area contributed by atoms with Crippen molar-refractivity contribution >= 4 is 11.3 Å². The van der Waals surface area contributed by atoms with Crippen LogP contribution in [0.3, 0.4) is 0 Å². The number of ether oxygens (including phenoxy) is 1. The number of nitrogens with zero attached hydrogens (tertiary/aromatic N) is 1. The van der Waals surface area contributed by atoms with Gasteiger partial charge in [-0.3, -0.25) is 0 Å². The van der Waals surface area contributed by atoms with Crippen molar-refractivity contribution in [2.45, 2.75) is 19.4 Å². The lowest BCUT2D eigenvalue weighted by Gasteiger charge is -2.09. The van der Waals surface area contributed by atoms with Crippen LogP contribution >= 0.6 is 11.3 Å². The Morgan fingerprint density at radius 1 is 1.69 bits per heavy atom. The Morgan fingerprint density at radius 3 is 3.08 bits per heavy atom. The van der Waals surface area contributed by atoms with Crippen molar-refractivity contribution < 1.29 is 9.84 Å². The molecule has 1 N–H and O–H groups in total. The molecule has 0 bridgehead atoms. The molecule has 0 aromatic carbocycles. The zero-order valence-electron chi connectivity index (χ0n) is 7.56. The molecule has 0 aliphatic carbocycles. The molecule has 3 nitrogen and oxygen atoms in total. The van der Waals surface area contributed by atoms with Gasteiger partial charge in [-0.05, 0) is 13.3 Å². The zero-order valence-corrected chi connectivity index (χ0v) is 8.38. The van der Waals surface area contributed by atoms with E-state index >= 15 is 0 Å². The molecule has 72 valence electrons. The van der Waals surface area contributed by atoms with Gasteiger partial charge in [0.1, 0.15) is 0 Å². The Kier molecular flexibility index (Phi) is 2.62. The fourth-order valence-electron chi connectivity index (χ4n) is 1.55. The molecule has 0 saturated carbocycles. The van der Waals surface area contributed by atoms with Crippen LogP contribution in [0, 0.1) is 12.8 Å². The van der Waals surface area contributed by atoms with E-state index in [0.717, 1.165) is 17.1 Å². The minimum Gasteiger partial charge on any atom is -0.390 e. The van der Waals surface area contributed by atoms with Crippen LogP contribution in [-0.2, 0) is 11.2 Å². The number of hydrogen-bond acceptors (Lipinski definition) is 4. The average molecular weight is 199 g/mol. The van der Waals surface area contributed by atoms with Gasteiger partial charge in [0.05, 0.1) is 30.0 Å². The molecule has 2 heterocycles. The number of aryl methyl sites for hydroxylation is 1. The van der Waals surface area contributed by atoms with Gasteiger partial charge in [0, 0.05) is 11.3 Å². The Morgan fingerprint density at radius 2 is 2.54 bits per heavy atom. The van der Waals surface area contributed by atoms with Gasteiger partial charge in [0.25, 0.3) is 0 Å². The summed E-state index contributed by atoms with van der Waals surface area (Å²) in [6.45, 7) is 3.14. The summed E-state index contributed by atoms with van der Waals surface area (Å²) < 4.78 is 5.17. The third-order valence-electron chi connectivity index (χ3n) is 2.30. The Balaban J connectivity index is 1.97. The Labute approximate surface area is 81.4 Å². The Bertz CT molecular complexity index is 287. The second-order valence-electron chi connectivity index (χ2n) is 3.43. The van der Waals surface area contributed by atoms with Crippen molar-refractivity contribution in [3.05, 3.63) is 16.1 Å². The molecule has 2 unspecified atom stereocenters. The van der Waals surface area contributed by atoms with Crippen LogP contribution in [0.15, 0.2) is 5.38 Å². The molecule has 0 spiro atoms. The van der Waals surface area contributed by atoms with Gasteiger partial charge in [-0.2, -0.15) is 0 Å². The molecule has 13 heavy (non-hydrogen) atoms. The fraction of sp³-hybridized carbons (Fsp3) is 0.667. The van der Waals surface area contributed by atoms with Gasteiger partial charge < -0.3 is 9.84 Å². The Hall–Kier alpha value is -0.450. The van der Waals surface area contributed by atoms with Gasteiger partial charge in [0.15, 0.2) is 0 Å². The first-order valence-corrected chi connectivity index (χ1v) is 5.30. The minimum absolute atomic E-state index is 0.237. The van der Waals surface area contributed by atoms with Crippen LogP contribution in [0.1, 0.15) is 10.7 Å². The number of thiazole rings is 1. The van der Waals surface area contributed by atoms with Gasteiger partial charge in [-0.1, -0.05) is 0 Å². The highest BCUT2D eigenvalue weighted by Gasteiger charge is 2.26. The van der Waals surface area contributed by atoms with E-state index in [4.69, 9.17) is 4.74 Å². The smallest absolute Gasteiger partial charge is 0.0897 e. The highest BCUT2D eigenvalue weighted by molar-refractivity contribution is 7.09. The van der Waals surface area contributed by atoms with E-state index < -0.39 is 0 Å². The van der Waals surface area contributed by atoms with Crippen LogP contribution in [-0.4, -0.2) is 29.4 Å². The largest absolute Gasteiger partial charge is 0.390 e. The van der Waals surface area contributed by atoms with Crippen LogP contribution in [0.2, 0.25) is 0 Å². The summed E-state index contributed by atoms with van der Waals surface area (Å²) in [5.74, 6) is 0.237. The minimum atomic E-state index is -0.304. The summed E-state index contributed by atoms with van der Waals surface area (Å²) in [7, 11) is 0. The molecule has 2 atom stereocenters. The number of rotatable bonds is 2. The van der Waals surface area contributed by atoms with Crippen LogP contribution < -0.4 is 0 Å². The highest BCUT2D eigenvalue weighted by Crippen LogP contribution is 2.19. The first kappa shape index (κ1) is 9.12. The van der Waals surface area contributed by atoms with Crippen molar-refractivity contribution in [2.75, 3.05) is 13.2 Å². The fourth-order valence-corrected chi connectivity index (χ4v) is 2.18. The number of aromatic nitrogens is 1. The summed E-state index contributed by atoms with van der Waals surface area (Å²) in [5, 5.41) is 12.7. The lowest BCUT2D eigenvalue weighted by Crippen LogP contribution is -2.19. The monoisotopic (exact) mass is 199 g/mol. The van der Waals surface area contributed by atoms with E-state index in [1.807, 2.05) is 6.92 Å². The molecule has 1 saturated heterocycles. The third kappa shape index (κ3) is 2.07. The molecular weight excluding hydrogens is 186 g/mol. The van der Waals surface area contributed by atoms with E-state index in [0.29, 0.717) is 13.2 Å². The van der Waals surface area contributed by atoms with Crippen LogP contribution in [0.4, 0.5) is 0 Å². The molecule has 2 rings (SSSR count). The molecule has 1 fully saturated rings. The third-order valence-corrected chi connectivity index (χ3v) is 3.12. The van der Waals surface area contributed by atoms with Gasteiger partial charge >= 0.3 is 0 Å². The van der Waals surface area contributed by atoms with E-state index in [2.05, 4.69) is 10.4 Å². The molecule has 1 aliphatic rings. The lowest BCUT2D eigenvalue weighted by atomic mass is 10.0. The van der Waals surface area contributed by atoms with E-state index in [1.54, 1.807) is 11.3 Å². The number of aliphatic hydroxyl groups is 1. The summed E-state index contributed by atoms with van der Waals surface area (Å²) in [5.41, 5.74) is 1.08. The molecule has 1 aliphatic heterocycles. The lowest BCUT2D eigenvalue weighted by molar-refractivity contribution is 0.118. The quantitative estimate of drug-likeness (QED) is 0.772. The standard InChI is InChI=1S/C9H13NO2S/c1-6-10-8(5-13-6)2-7-3-12-4-9(7)11/h5,7,9,11H,2-4H2,1H3. The van der Waals surface area contributed by atoms with Crippen molar-refractivity contribution in [2.24, 2.45) is 5.92 Å². The normalized spacial score (nSPS) is 28.2. The zero-order chi connectivity index (χ0) is 9.26. The van der Waals surface area contributed by atoms with Crippen molar-refractivity contribution in [1.82, 2.24) is 4.98 Å². The van der Waals surface area contributed by atoms with Gasteiger partial charge in [0.2, 0.25) is 0 Å². The maximum absolute atomic E-state index is 9.51. The topological polar surface area (TPSA) is 42.4 Å². The predicted octanol–water partition coefficient (Wildman–Crippen LogP) is 1.00. The molecule has 1 aromatic rings. The number of hydrogen-bond donors (Lipinski definition) is 1. The van der Waals surface area contributed by atoms with Crippen LogP contribution in [0.25, 0.3) is 0 Å². The highest BCUT2D eigenvalue weighted by atomic mass is 32.1. The second-order valence-corrected chi connectivity index (χ2v) is 4.49. The summed E-state index contributed by atoms with van der Waals surface area (Å²) in [4.78, 5) is 4.36. The SMILES string of the molecule is Cc1nc(CC2COCC2O)cs1. The number of aliphatic hydroxyl groups excluding tert-OH is 1. The predicted molar refractivity (Wildman–Crippen MR) is 50.9 cm³/mol. The molecule has 0 radical (unpaired) electrons. The maximum Gasteiger partial charge on any atom is 0.0897 e. The van der Waals surface area contributed by atoms with Gasteiger partial charge in [-0.25, -0.2) is 4.98 Å². The van der Waals surface area contributed by atoms with Gasteiger partial charge in [-0.15, -0.1) is 11.3 Å². The summed E-state index contributed by atoms with van der Waals surface area (Å²) in [6.07, 6.45) is 0.535. The summed E-state index contributed by atoms with van der Waals surface area (Å²) in [6, 6.07) is 0. The molecule has 4 heteroatoms. The van der Waals surface area contributed by atoms with Crippen molar-refractivity contribution in [3.8, 4) is 0 Å². The van der Waals surface area contributed by atoms with E-state index in [-0.39, 0.29) is 12.0 Å². The van der Waals surface area contributed by atoms with E-state index in [1.165, 1.54) is 0 Å². The maximum atomic E-state index is 9.51. The molecule has 1 aromatic heterocycles. The molecule has 0 amide bonds. The summed E-state index contributed by atoms with van der Waals surface area (Å²) >= 11 is 1.66. The second kappa shape index (κ2) is 3.74. The van der Waals surface area contributed by atoms with Crippen LogP contribution in [0.5, 0.6) is 0 Å². The van der Waals surface area contributed by atoms with Crippen molar-refractivity contribution in [1.29, 1.82) is 0 Å². The average Bonchev–Trinajstić information content (AvgIpc) is 2.64. The van der Waals surface area contributed by atoms with Crippen molar-refractivity contribution in [3.63, 3.8) is 0 Å². The first-order valence-electron chi connectivity index (χ1n) is 4.42. The first-order chi connectivity index (χ1) is 6.25.